The molecule has 106 valence electrons. The van der Waals surface area contributed by atoms with Crippen LogP contribution in [-0.2, 0) is 0 Å². The van der Waals surface area contributed by atoms with Gasteiger partial charge in [0.2, 0.25) is 0 Å². The van der Waals surface area contributed by atoms with E-state index in [1.165, 1.54) is 23.5 Å². The average Bonchev–Trinajstić information content (AvgIpc) is 2.58. The van der Waals surface area contributed by atoms with Gasteiger partial charge in [0, 0.05) is 22.3 Å². The van der Waals surface area contributed by atoms with Crippen molar-refractivity contribution in [2.45, 2.75) is 0 Å². The third kappa shape index (κ3) is 5.31. The zero-order chi connectivity index (χ0) is 15.6. The van der Waals surface area contributed by atoms with Crippen LogP contribution >= 0.6 is 23.5 Å². The molecule has 2 aromatic carbocycles. The first kappa shape index (κ1) is 16.2. The van der Waals surface area contributed by atoms with Crippen LogP contribution in [0.1, 0.15) is 22.3 Å². The summed E-state index contributed by atoms with van der Waals surface area (Å²) in [5, 5.41) is 5.96. The van der Waals surface area contributed by atoms with Crippen LogP contribution in [0.15, 0.2) is 48.5 Å². The lowest BCUT2D eigenvalue weighted by Crippen LogP contribution is -1.79. The highest BCUT2D eigenvalue weighted by Crippen LogP contribution is 2.05. The van der Waals surface area contributed by atoms with E-state index in [1.54, 1.807) is 0 Å². The predicted molar refractivity (Wildman–Crippen MR) is 99.7 cm³/mol. The second-order valence-corrected chi connectivity index (χ2v) is 5.49. The van der Waals surface area contributed by atoms with Gasteiger partial charge in [0.05, 0.1) is 0 Å². The average molecular weight is 318 g/mol. The summed E-state index contributed by atoms with van der Waals surface area (Å²) in [7, 11) is 0. The Balaban J connectivity index is 2.09. The Hall–Kier alpha value is -2.18. The molecule has 0 N–H and O–H groups in total. The fourth-order valence-corrected chi connectivity index (χ4v) is 2.08. The van der Waals surface area contributed by atoms with E-state index in [0.29, 0.717) is 0 Å². The topological polar surface area (TPSA) is 0 Å². The Morgan fingerprint density at radius 1 is 0.500 bits per heavy atom. The predicted octanol–water partition coefficient (Wildman–Crippen LogP) is 4.43. The number of hydrogen-bond acceptors (Lipinski definition) is 2. The van der Waals surface area contributed by atoms with E-state index in [0.717, 1.165) is 22.3 Å². The molecule has 0 spiro atoms. The van der Waals surface area contributed by atoms with Crippen molar-refractivity contribution in [1.29, 1.82) is 0 Å². The molecule has 0 unspecified atom stereocenters. The number of thioether (sulfide) groups is 2. The lowest BCUT2D eigenvalue weighted by Gasteiger charge is -1.93. The highest BCUT2D eigenvalue weighted by atomic mass is 32.2. The summed E-state index contributed by atoms with van der Waals surface area (Å²) in [6.07, 6.45) is 3.93. The fourth-order valence-electron chi connectivity index (χ4n) is 1.64. The van der Waals surface area contributed by atoms with Gasteiger partial charge in [-0.15, -0.1) is 0 Å². The first-order valence-electron chi connectivity index (χ1n) is 6.62. The first-order chi connectivity index (χ1) is 10.8. The molecule has 0 saturated carbocycles. The van der Waals surface area contributed by atoms with E-state index >= 15 is 0 Å². The van der Waals surface area contributed by atoms with Crippen LogP contribution in [0.25, 0.3) is 0 Å². The van der Waals surface area contributed by atoms with Gasteiger partial charge < -0.3 is 0 Å². The fraction of sp³-hybridized carbons (Fsp3) is 0.100. The van der Waals surface area contributed by atoms with E-state index in [2.05, 4.69) is 34.2 Å². The molecule has 0 radical (unpaired) electrons. The molecule has 0 bridgehead atoms. The van der Waals surface area contributed by atoms with Gasteiger partial charge in [0.25, 0.3) is 0 Å². The molecule has 0 atom stereocenters. The van der Waals surface area contributed by atoms with E-state index in [1.807, 2.05) is 61.0 Å². The van der Waals surface area contributed by atoms with Crippen molar-refractivity contribution in [1.82, 2.24) is 0 Å². The summed E-state index contributed by atoms with van der Waals surface area (Å²) in [4.78, 5) is 0. The molecule has 0 aliphatic heterocycles. The van der Waals surface area contributed by atoms with Crippen LogP contribution in [0.4, 0.5) is 0 Å². The minimum absolute atomic E-state index is 0.987. The molecule has 0 saturated heterocycles. The van der Waals surface area contributed by atoms with Crippen molar-refractivity contribution in [3.8, 4) is 34.2 Å². The minimum atomic E-state index is 0.987. The Bertz CT molecular complexity index is 727. The van der Waals surface area contributed by atoms with E-state index in [4.69, 9.17) is 0 Å². The van der Waals surface area contributed by atoms with Crippen molar-refractivity contribution in [3.63, 3.8) is 0 Å². The monoisotopic (exact) mass is 318 g/mol. The molecule has 0 aliphatic rings. The molecule has 0 aliphatic carbocycles. The highest BCUT2D eigenvalue weighted by molar-refractivity contribution is 8.03. The maximum atomic E-state index is 3.16. The summed E-state index contributed by atoms with van der Waals surface area (Å²) < 4.78 is 0. The standard InChI is InChI=1S/C20H14S2/c1-21-15-13-19-9-5-17(6-10-19)3-4-18-7-11-20(12-8-18)14-16-22-2/h5-12H,1-2H3. The largest absolute Gasteiger partial charge is 0.0781 e. The highest BCUT2D eigenvalue weighted by Gasteiger charge is 1.90. The van der Waals surface area contributed by atoms with Gasteiger partial charge in [0.15, 0.2) is 0 Å². The zero-order valence-electron chi connectivity index (χ0n) is 12.4. The molecular weight excluding hydrogens is 304 g/mol. The molecule has 0 aromatic heterocycles. The van der Waals surface area contributed by atoms with E-state index < -0.39 is 0 Å². The minimum Gasteiger partial charge on any atom is -0.0781 e. The van der Waals surface area contributed by atoms with Crippen LogP contribution in [0.5, 0.6) is 0 Å². The van der Waals surface area contributed by atoms with Crippen molar-refractivity contribution < 1.29 is 0 Å². The van der Waals surface area contributed by atoms with Crippen LogP contribution in [0, 0.1) is 34.2 Å². The normalized spacial score (nSPS) is 8.64. The van der Waals surface area contributed by atoms with Crippen LogP contribution in [-0.4, -0.2) is 12.5 Å². The molecule has 0 nitrogen and oxygen atoms in total. The summed E-state index contributed by atoms with van der Waals surface area (Å²) in [6, 6.07) is 16.0. The number of benzene rings is 2. The summed E-state index contributed by atoms with van der Waals surface area (Å²) in [5.74, 6) is 12.5. The molecule has 0 heterocycles. The van der Waals surface area contributed by atoms with Gasteiger partial charge in [-0.2, -0.15) is 0 Å². The lowest BCUT2D eigenvalue weighted by molar-refractivity contribution is 1.58. The van der Waals surface area contributed by atoms with Crippen molar-refractivity contribution in [2.24, 2.45) is 0 Å². The molecule has 22 heavy (non-hydrogen) atoms. The second-order valence-electron chi connectivity index (χ2n) is 4.27. The zero-order valence-corrected chi connectivity index (χ0v) is 14.1. The van der Waals surface area contributed by atoms with Crippen LogP contribution < -0.4 is 0 Å². The molecular formula is C20H14S2. The maximum Gasteiger partial charge on any atom is 0.0255 e. The second kappa shape index (κ2) is 8.96. The number of hydrogen-bond donors (Lipinski definition) is 0. The molecule has 2 heteroatoms. The quantitative estimate of drug-likeness (QED) is 0.659. The van der Waals surface area contributed by atoms with E-state index in [9.17, 15) is 0 Å². The Kier molecular flexibility index (Phi) is 6.60. The van der Waals surface area contributed by atoms with Crippen LogP contribution in [0.2, 0.25) is 0 Å². The molecule has 2 aromatic rings. The van der Waals surface area contributed by atoms with Gasteiger partial charge in [-0.25, -0.2) is 0 Å². The molecule has 2 rings (SSSR count). The third-order valence-corrected chi connectivity index (χ3v) is 3.33. The van der Waals surface area contributed by atoms with Crippen LogP contribution in [0.3, 0.4) is 0 Å². The van der Waals surface area contributed by atoms with Crippen molar-refractivity contribution >= 4 is 23.5 Å². The summed E-state index contributed by atoms with van der Waals surface area (Å²) in [6.45, 7) is 0. The number of rotatable bonds is 0. The molecule has 0 fully saturated rings. The van der Waals surface area contributed by atoms with E-state index in [-0.39, 0.29) is 0 Å². The summed E-state index contributed by atoms with van der Waals surface area (Å²) >= 11 is 3.03. The smallest absolute Gasteiger partial charge is 0.0255 e. The first-order valence-corrected chi connectivity index (χ1v) is 9.07. The van der Waals surface area contributed by atoms with Gasteiger partial charge in [-0.05, 0) is 71.5 Å². The Morgan fingerprint density at radius 2 is 0.773 bits per heavy atom. The maximum absolute atomic E-state index is 3.16. The Morgan fingerprint density at radius 3 is 1.05 bits per heavy atom. The molecule has 0 amide bonds. The third-order valence-electron chi connectivity index (χ3n) is 2.72. The van der Waals surface area contributed by atoms with Gasteiger partial charge in [0.1, 0.15) is 0 Å². The summed E-state index contributed by atoms with van der Waals surface area (Å²) in [5.41, 5.74) is 4.00. The van der Waals surface area contributed by atoms with Crippen molar-refractivity contribution in [3.05, 3.63) is 70.8 Å². The van der Waals surface area contributed by atoms with Gasteiger partial charge in [-0.3, -0.25) is 0 Å². The lowest BCUT2D eigenvalue weighted by atomic mass is 10.1. The Labute approximate surface area is 141 Å². The van der Waals surface area contributed by atoms with Crippen molar-refractivity contribution in [2.75, 3.05) is 12.5 Å². The SMILES string of the molecule is CSC#Cc1ccc(C#Cc2ccc(C#CSC)cc2)cc1. The van der Waals surface area contributed by atoms with Gasteiger partial charge >= 0.3 is 0 Å². The van der Waals surface area contributed by atoms with Gasteiger partial charge in [-0.1, -0.05) is 47.2 Å².